The van der Waals surface area contributed by atoms with Gasteiger partial charge in [0.05, 0.1) is 0 Å². The van der Waals surface area contributed by atoms with Gasteiger partial charge in [-0.1, -0.05) is 30.3 Å². The molecule has 19 heavy (non-hydrogen) atoms. The molecule has 1 aromatic heterocycles. The average Bonchev–Trinajstić information content (AvgIpc) is 2.95. The maximum Gasteiger partial charge on any atom is 0.224 e. The van der Waals surface area contributed by atoms with Gasteiger partial charge in [0.15, 0.2) is 4.60 Å². The van der Waals surface area contributed by atoms with Crippen LogP contribution in [0.2, 0.25) is 0 Å². The number of carbonyl (C=O) groups excluding carboxylic acids is 1. The first-order valence-electron chi connectivity index (χ1n) is 6.10. The second kappa shape index (κ2) is 4.77. The van der Waals surface area contributed by atoms with Gasteiger partial charge in [0.1, 0.15) is 11.9 Å². The van der Waals surface area contributed by atoms with Crippen molar-refractivity contribution in [2.24, 2.45) is 0 Å². The van der Waals surface area contributed by atoms with E-state index in [-0.39, 0.29) is 12.1 Å². The Morgan fingerprint density at radius 1 is 1.26 bits per heavy atom. The Kier molecular flexibility index (Phi) is 3.10. The van der Waals surface area contributed by atoms with E-state index in [2.05, 4.69) is 26.1 Å². The van der Waals surface area contributed by atoms with Crippen LogP contribution in [0.15, 0.2) is 34.9 Å². The smallest absolute Gasteiger partial charge is 0.224 e. The van der Waals surface area contributed by atoms with Gasteiger partial charge in [0.2, 0.25) is 5.91 Å². The molecule has 98 valence electrons. The predicted molar refractivity (Wildman–Crippen MR) is 74.2 cm³/mol. The summed E-state index contributed by atoms with van der Waals surface area (Å²) in [5, 5.41) is 8.89. The molecule has 0 radical (unpaired) electrons. The van der Waals surface area contributed by atoms with Crippen molar-refractivity contribution in [1.82, 2.24) is 19.9 Å². The number of amides is 1. The lowest BCUT2D eigenvalue weighted by Crippen LogP contribution is -2.28. The van der Waals surface area contributed by atoms with Gasteiger partial charge in [-0.2, -0.15) is 9.90 Å². The first-order valence-corrected chi connectivity index (χ1v) is 6.89. The minimum Gasteiger partial charge on any atom is -0.322 e. The van der Waals surface area contributed by atoms with E-state index in [1.54, 1.807) is 16.7 Å². The van der Waals surface area contributed by atoms with Crippen LogP contribution in [0.3, 0.4) is 0 Å². The number of rotatable bonds is 2. The predicted octanol–water partition coefficient (Wildman–Crippen LogP) is 2.46. The molecule has 1 atom stereocenters. The fourth-order valence-corrected chi connectivity index (χ4v) is 2.74. The molecule has 0 aliphatic carbocycles. The van der Waals surface area contributed by atoms with E-state index in [1.165, 1.54) is 0 Å². The molecular weight excluding hydrogens is 308 g/mol. The van der Waals surface area contributed by atoms with Crippen molar-refractivity contribution in [3.63, 3.8) is 0 Å². The average molecular weight is 321 g/mol. The summed E-state index contributed by atoms with van der Waals surface area (Å²) in [6.07, 6.45) is 1.23. The second-order valence-corrected chi connectivity index (χ2v) is 5.30. The summed E-state index contributed by atoms with van der Waals surface area (Å²) in [6, 6.07) is 9.87. The molecule has 1 amide bonds. The van der Waals surface area contributed by atoms with Crippen LogP contribution in [-0.2, 0) is 4.79 Å². The third-order valence-corrected chi connectivity index (χ3v) is 3.89. The van der Waals surface area contributed by atoms with Gasteiger partial charge in [-0.25, -0.2) is 0 Å². The van der Waals surface area contributed by atoms with Crippen LogP contribution >= 0.6 is 15.9 Å². The molecule has 0 N–H and O–H groups in total. The Bertz CT molecular complexity index is 610. The van der Waals surface area contributed by atoms with Crippen LogP contribution in [0.4, 0.5) is 0 Å². The van der Waals surface area contributed by atoms with E-state index >= 15 is 0 Å². The minimum atomic E-state index is -0.0822. The van der Waals surface area contributed by atoms with Crippen LogP contribution < -0.4 is 0 Å². The molecule has 1 saturated heterocycles. The fourth-order valence-electron chi connectivity index (χ4n) is 2.27. The molecule has 1 aliphatic heterocycles. The van der Waals surface area contributed by atoms with Crippen LogP contribution in [0.25, 0.3) is 11.3 Å². The van der Waals surface area contributed by atoms with Gasteiger partial charge in [-0.15, -0.1) is 5.10 Å². The molecule has 0 bridgehead atoms. The topological polar surface area (TPSA) is 51.0 Å². The van der Waals surface area contributed by atoms with Gasteiger partial charge in [0, 0.05) is 19.0 Å². The number of carbonyl (C=O) groups is 1. The zero-order valence-corrected chi connectivity index (χ0v) is 12.0. The molecule has 5 nitrogen and oxygen atoms in total. The van der Waals surface area contributed by atoms with Gasteiger partial charge in [0.25, 0.3) is 0 Å². The van der Waals surface area contributed by atoms with Gasteiger partial charge >= 0.3 is 0 Å². The van der Waals surface area contributed by atoms with Crippen LogP contribution in [-0.4, -0.2) is 32.8 Å². The standard InChI is InChI=1S/C13H13BrN4O/c1-17-10(7-8-11(17)19)18-15-12(13(14)16-18)9-5-3-2-4-6-9/h2-6,10H,7-8H2,1H3. The quantitative estimate of drug-likeness (QED) is 0.854. The number of likely N-dealkylation sites (tertiary alicyclic amines) is 1. The zero-order valence-electron chi connectivity index (χ0n) is 10.5. The van der Waals surface area contributed by atoms with Gasteiger partial charge < -0.3 is 4.90 Å². The molecule has 0 spiro atoms. The third kappa shape index (κ3) is 2.16. The molecule has 1 aromatic carbocycles. The lowest BCUT2D eigenvalue weighted by Gasteiger charge is -2.18. The largest absolute Gasteiger partial charge is 0.322 e. The monoisotopic (exact) mass is 320 g/mol. The Balaban J connectivity index is 1.96. The van der Waals surface area contributed by atoms with Gasteiger partial charge in [-0.05, 0) is 22.4 Å². The fraction of sp³-hybridized carbons (Fsp3) is 0.308. The molecule has 0 saturated carbocycles. The van der Waals surface area contributed by atoms with Crippen LogP contribution in [0, 0.1) is 0 Å². The summed E-state index contributed by atoms with van der Waals surface area (Å²) in [5.74, 6) is 0.139. The summed E-state index contributed by atoms with van der Waals surface area (Å²) in [4.78, 5) is 14.9. The SMILES string of the molecule is CN1C(=O)CCC1n1nc(Br)c(-c2ccccc2)n1. The Morgan fingerprint density at radius 2 is 2.00 bits per heavy atom. The minimum absolute atomic E-state index is 0.0822. The summed E-state index contributed by atoms with van der Waals surface area (Å²) in [5.41, 5.74) is 1.81. The number of benzene rings is 1. The lowest BCUT2D eigenvalue weighted by molar-refractivity contribution is -0.128. The summed E-state index contributed by atoms with van der Waals surface area (Å²) >= 11 is 3.44. The molecule has 2 aromatic rings. The van der Waals surface area contributed by atoms with Crippen molar-refractivity contribution in [1.29, 1.82) is 0 Å². The highest BCUT2D eigenvalue weighted by atomic mass is 79.9. The lowest BCUT2D eigenvalue weighted by atomic mass is 10.2. The van der Waals surface area contributed by atoms with E-state index in [9.17, 15) is 4.79 Å². The number of halogens is 1. The number of nitrogens with zero attached hydrogens (tertiary/aromatic N) is 4. The van der Waals surface area contributed by atoms with E-state index in [1.807, 2.05) is 30.3 Å². The Labute approximate surface area is 119 Å². The maximum absolute atomic E-state index is 11.6. The maximum atomic E-state index is 11.6. The summed E-state index contributed by atoms with van der Waals surface area (Å²) in [6.45, 7) is 0. The Morgan fingerprint density at radius 3 is 2.63 bits per heavy atom. The van der Waals surface area contributed by atoms with Crippen LogP contribution in [0.5, 0.6) is 0 Å². The van der Waals surface area contributed by atoms with E-state index in [0.717, 1.165) is 17.7 Å². The molecule has 6 heteroatoms. The first-order chi connectivity index (χ1) is 9.16. The number of aromatic nitrogens is 3. The molecule has 2 heterocycles. The first kappa shape index (κ1) is 12.3. The van der Waals surface area contributed by atoms with Crippen molar-refractivity contribution < 1.29 is 4.79 Å². The molecule has 1 unspecified atom stereocenters. The van der Waals surface area contributed by atoms with Crippen molar-refractivity contribution in [2.75, 3.05) is 7.05 Å². The van der Waals surface area contributed by atoms with Crippen molar-refractivity contribution in [3.8, 4) is 11.3 Å². The van der Waals surface area contributed by atoms with Crippen molar-refractivity contribution >= 4 is 21.8 Å². The molecule has 1 fully saturated rings. The van der Waals surface area contributed by atoms with Gasteiger partial charge in [-0.3, -0.25) is 4.79 Å². The van der Waals surface area contributed by atoms with Crippen molar-refractivity contribution in [2.45, 2.75) is 19.0 Å². The summed E-state index contributed by atoms with van der Waals surface area (Å²) in [7, 11) is 1.79. The van der Waals surface area contributed by atoms with Crippen molar-refractivity contribution in [3.05, 3.63) is 34.9 Å². The van der Waals surface area contributed by atoms with Crippen LogP contribution in [0.1, 0.15) is 19.0 Å². The zero-order chi connectivity index (χ0) is 13.4. The molecule has 3 rings (SSSR count). The second-order valence-electron chi connectivity index (χ2n) is 4.55. The Hall–Kier alpha value is -1.69. The molecular formula is C13H13BrN4O. The third-order valence-electron chi connectivity index (χ3n) is 3.36. The summed E-state index contributed by atoms with van der Waals surface area (Å²) < 4.78 is 0.700. The normalized spacial score (nSPS) is 19.2. The van der Waals surface area contributed by atoms with E-state index in [0.29, 0.717) is 11.0 Å². The highest BCUT2D eigenvalue weighted by Crippen LogP contribution is 2.29. The molecule has 1 aliphatic rings. The number of hydrogen-bond donors (Lipinski definition) is 0. The highest BCUT2D eigenvalue weighted by Gasteiger charge is 2.31. The number of hydrogen-bond acceptors (Lipinski definition) is 3. The highest BCUT2D eigenvalue weighted by molar-refractivity contribution is 9.10. The van der Waals surface area contributed by atoms with E-state index < -0.39 is 0 Å². The van der Waals surface area contributed by atoms with E-state index in [4.69, 9.17) is 0 Å².